The minimum absolute atomic E-state index is 0.303. The van der Waals surface area contributed by atoms with Gasteiger partial charge in [-0.25, -0.2) is 4.39 Å². The summed E-state index contributed by atoms with van der Waals surface area (Å²) in [6.45, 7) is 2.90. The Bertz CT molecular complexity index is 1010. The fraction of sp³-hybridized carbons (Fsp3) is 0.357. The van der Waals surface area contributed by atoms with Crippen molar-refractivity contribution in [3.8, 4) is 33.8 Å². The van der Waals surface area contributed by atoms with Gasteiger partial charge in [0.15, 0.2) is 0 Å². The topological polar surface area (TPSA) is 18.5 Å². The molecule has 3 aromatic rings. The van der Waals surface area contributed by atoms with E-state index in [4.69, 9.17) is 4.74 Å². The van der Waals surface area contributed by atoms with Gasteiger partial charge < -0.3 is 9.47 Å². The first kappa shape index (κ1) is 25.6. The second kappa shape index (κ2) is 12.4. The van der Waals surface area contributed by atoms with Crippen molar-refractivity contribution in [2.75, 3.05) is 6.61 Å². The van der Waals surface area contributed by atoms with Gasteiger partial charge in [0.25, 0.3) is 0 Å². The molecule has 0 heterocycles. The summed E-state index contributed by atoms with van der Waals surface area (Å²) in [4.78, 5) is 0. The van der Waals surface area contributed by atoms with E-state index in [1.165, 1.54) is 68.9 Å². The fourth-order valence-electron chi connectivity index (χ4n) is 3.76. The van der Waals surface area contributed by atoms with E-state index in [-0.39, 0.29) is 5.75 Å². The lowest BCUT2D eigenvalue weighted by molar-refractivity contribution is -0.274. The second-order valence-corrected chi connectivity index (χ2v) is 8.26. The average Bonchev–Trinajstić information content (AvgIpc) is 2.81. The van der Waals surface area contributed by atoms with Gasteiger partial charge in [-0.3, -0.25) is 0 Å². The number of ether oxygens (including phenoxy) is 2. The SMILES string of the molecule is CCCCCCCCCOc1ccc(-c2ccc(-c3ccc(OC(F)(F)F)cc3)c(F)c2)cc1. The van der Waals surface area contributed by atoms with E-state index in [9.17, 15) is 17.6 Å². The van der Waals surface area contributed by atoms with Crippen LogP contribution in [0.15, 0.2) is 66.7 Å². The van der Waals surface area contributed by atoms with Gasteiger partial charge in [0.05, 0.1) is 6.61 Å². The zero-order valence-electron chi connectivity index (χ0n) is 19.3. The average molecular weight is 475 g/mol. The third-order valence-corrected chi connectivity index (χ3v) is 5.57. The van der Waals surface area contributed by atoms with Crippen molar-refractivity contribution in [1.82, 2.24) is 0 Å². The van der Waals surface area contributed by atoms with Crippen LogP contribution in [-0.4, -0.2) is 13.0 Å². The van der Waals surface area contributed by atoms with Gasteiger partial charge in [-0.15, -0.1) is 13.2 Å². The van der Waals surface area contributed by atoms with Gasteiger partial charge in [0, 0.05) is 5.56 Å². The number of alkyl halides is 3. The molecule has 0 N–H and O–H groups in total. The Morgan fingerprint density at radius 1 is 0.647 bits per heavy atom. The normalized spacial score (nSPS) is 11.4. The van der Waals surface area contributed by atoms with Gasteiger partial charge in [0.1, 0.15) is 17.3 Å². The first-order valence-corrected chi connectivity index (χ1v) is 11.7. The Morgan fingerprint density at radius 3 is 1.82 bits per heavy atom. The summed E-state index contributed by atoms with van der Waals surface area (Å²) < 4.78 is 61.4. The van der Waals surface area contributed by atoms with Gasteiger partial charge >= 0.3 is 6.36 Å². The maximum atomic E-state index is 14.8. The molecule has 3 rings (SSSR count). The first-order valence-electron chi connectivity index (χ1n) is 11.7. The molecule has 0 saturated heterocycles. The molecule has 0 radical (unpaired) electrons. The lowest BCUT2D eigenvalue weighted by Gasteiger charge is -2.11. The van der Waals surface area contributed by atoms with Crippen molar-refractivity contribution in [1.29, 1.82) is 0 Å². The highest BCUT2D eigenvalue weighted by molar-refractivity contribution is 5.71. The van der Waals surface area contributed by atoms with Crippen LogP contribution in [0.3, 0.4) is 0 Å². The summed E-state index contributed by atoms with van der Waals surface area (Å²) in [7, 11) is 0. The van der Waals surface area contributed by atoms with E-state index in [2.05, 4.69) is 11.7 Å². The maximum Gasteiger partial charge on any atom is 0.573 e. The Kier molecular flexibility index (Phi) is 9.37. The summed E-state index contributed by atoms with van der Waals surface area (Å²) in [6, 6.07) is 17.5. The van der Waals surface area contributed by atoms with Gasteiger partial charge in [-0.1, -0.05) is 81.8 Å². The van der Waals surface area contributed by atoms with E-state index in [0.29, 0.717) is 23.3 Å². The summed E-state index contributed by atoms with van der Waals surface area (Å²) in [5.74, 6) is -0.0168. The number of unbranched alkanes of at least 4 members (excludes halogenated alkanes) is 6. The zero-order valence-corrected chi connectivity index (χ0v) is 19.3. The Labute approximate surface area is 198 Å². The number of benzene rings is 3. The molecule has 0 amide bonds. The molecule has 3 aromatic carbocycles. The Balaban J connectivity index is 1.54. The monoisotopic (exact) mass is 474 g/mol. The summed E-state index contributed by atoms with van der Waals surface area (Å²) in [6.07, 6.45) is 3.85. The lowest BCUT2D eigenvalue weighted by Crippen LogP contribution is -2.16. The van der Waals surface area contributed by atoms with E-state index in [1.807, 2.05) is 24.3 Å². The van der Waals surface area contributed by atoms with Crippen LogP contribution in [0.1, 0.15) is 51.9 Å². The van der Waals surface area contributed by atoms with Crippen molar-refractivity contribution in [2.45, 2.75) is 58.2 Å². The van der Waals surface area contributed by atoms with Crippen LogP contribution in [-0.2, 0) is 0 Å². The molecule has 0 fully saturated rings. The molecule has 0 aromatic heterocycles. The smallest absolute Gasteiger partial charge is 0.494 e. The molecule has 0 aliphatic heterocycles. The fourth-order valence-corrected chi connectivity index (χ4v) is 3.76. The lowest BCUT2D eigenvalue weighted by atomic mass is 9.99. The van der Waals surface area contributed by atoms with Crippen molar-refractivity contribution < 1.29 is 27.0 Å². The number of rotatable bonds is 12. The van der Waals surface area contributed by atoms with E-state index in [0.717, 1.165) is 17.7 Å². The molecular weight excluding hydrogens is 444 g/mol. The van der Waals surface area contributed by atoms with Crippen molar-refractivity contribution >= 4 is 0 Å². The van der Waals surface area contributed by atoms with Crippen LogP contribution in [0.25, 0.3) is 22.3 Å². The van der Waals surface area contributed by atoms with Crippen LogP contribution in [0, 0.1) is 5.82 Å². The third-order valence-electron chi connectivity index (χ3n) is 5.57. The van der Waals surface area contributed by atoms with E-state index >= 15 is 0 Å². The molecule has 0 bridgehead atoms. The van der Waals surface area contributed by atoms with Crippen LogP contribution >= 0.6 is 0 Å². The molecule has 34 heavy (non-hydrogen) atoms. The van der Waals surface area contributed by atoms with Gasteiger partial charge in [0.2, 0.25) is 0 Å². The molecule has 0 saturated carbocycles. The molecule has 0 spiro atoms. The summed E-state index contributed by atoms with van der Waals surface area (Å²) in [5, 5.41) is 0. The first-order chi connectivity index (χ1) is 16.4. The molecule has 0 aliphatic rings. The van der Waals surface area contributed by atoms with Crippen LogP contribution in [0.2, 0.25) is 0 Å². The largest absolute Gasteiger partial charge is 0.573 e. The molecule has 0 unspecified atom stereocenters. The van der Waals surface area contributed by atoms with Crippen LogP contribution in [0.5, 0.6) is 11.5 Å². The van der Waals surface area contributed by atoms with Crippen LogP contribution < -0.4 is 9.47 Å². The zero-order chi connectivity index (χ0) is 24.4. The molecule has 0 atom stereocenters. The summed E-state index contributed by atoms with van der Waals surface area (Å²) >= 11 is 0. The highest BCUT2D eigenvalue weighted by atomic mass is 19.4. The summed E-state index contributed by atoms with van der Waals surface area (Å²) in [5.41, 5.74) is 2.32. The van der Waals surface area contributed by atoms with Crippen LogP contribution in [0.4, 0.5) is 17.6 Å². The predicted molar refractivity (Wildman–Crippen MR) is 127 cm³/mol. The minimum Gasteiger partial charge on any atom is -0.494 e. The van der Waals surface area contributed by atoms with Crippen molar-refractivity contribution in [3.63, 3.8) is 0 Å². The molecule has 182 valence electrons. The number of halogens is 4. The Morgan fingerprint density at radius 2 is 1.21 bits per heavy atom. The molecular formula is C28H30F4O2. The molecule has 6 heteroatoms. The molecule has 2 nitrogen and oxygen atoms in total. The van der Waals surface area contributed by atoms with Gasteiger partial charge in [-0.05, 0) is 53.4 Å². The third kappa shape index (κ3) is 8.08. The minimum atomic E-state index is -4.76. The molecule has 0 aliphatic carbocycles. The highest BCUT2D eigenvalue weighted by Gasteiger charge is 2.31. The van der Waals surface area contributed by atoms with Crippen molar-refractivity contribution in [3.05, 3.63) is 72.5 Å². The maximum absolute atomic E-state index is 14.8. The van der Waals surface area contributed by atoms with E-state index in [1.54, 1.807) is 12.1 Å². The second-order valence-electron chi connectivity index (χ2n) is 8.26. The van der Waals surface area contributed by atoms with Gasteiger partial charge in [-0.2, -0.15) is 0 Å². The standard InChI is InChI=1S/C28H30F4O2/c1-2-3-4-5-6-7-8-19-33-24-14-9-21(10-15-24)23-13-18-26(27(29)20-23)22-11-16-25(17-12-22)34-28(30,31)32/h9-18,20H,2-8,19H2,1H3. The van der Waals surface area contributed by atoms with Crippen molar-refractivity contribution in [2.24, 2.45) is 0 Å². The Hall–Kier alpha value is -3.02. The number of hydrogen-bond acceptors (Lipinski definition) is 2. The number of hydrogen-bond donors (Lipinski definition) is 0. The van der Waals surface area contributed by atoms with E-state index < -0.39 is 12.2 Å². The quantitative estimate of drug-likeness (QED) is 0.192. The highest BCUT2D eigenvalue weighted by Crippen LogP contribution is 2.31. The predicted octanol–water partition coefficient (Wildman–Crippen LogP) is 9.19.